The molecule has 1 fully saturated rings. The van der Waals surface area contributed by atoms with Crippen molar-refractivity contribution in [3.63, 3.8) is 0 Å². The third-order valence-corrected chi connectivity index (χ3v) is 5.62. The van der Waals surface area contributed by atoms with Crippen LogP contribution in [-0.4, -0.2) is 51.6 Å². The summed E-state index contributed by atoms with van der Waals surface area (Å²) in [5.41, 5.74) is 0.684. The molecule has 6 nitrogen and oxygen atoms in total. The van der Waals surface area contributed by atoms with Gasteiger partial charge in [0.05, 0.1) is 34.9 Å². The smallest absolute Gasteiger partial charge is 0.243 e. The van der Waals surface area contributed by atoms with Crippen molar-refractivity contribution in [2.24, 2.45) is 5.92 Å². The number of hydrogen-bond acceptors (Lipinski definition) is 5. The van der Waals surface area contributed by atoms with Gasteiger partial charge in [0.2, 0.25) is 15.9 Å². The number of amides is 1. The summed E-state index contributed by atoms with van der Waals surface area (Å²) in [4.78, 5) is 12.6. The average molecular weight is 418 g/mol. The number of rotatable bonds is 3. The van der Waals surface area contributed by atoms with Gasteiger partial charge in [-0.15, -0.1) is 12.4 Å². The number of ether oxygens (including phenoxy) is 1. The first kappa shape index (κ1) is 21.5. The third kappa shape index (κ3) is 4.97. The fourth-order valence-electron chi connectivity index (χ4n) is 2.37. The van der Waals surface area contributed by atoms with E-state index in [0.29, 0.717) is 35.3 Å². The molecule has 1 aliphatic rings. The summed E-state index contributed by atoms with van der Waals surface area (Å²) in [6.07, 6.45) is 0.390. The maximum absolute atomic E-state index is 12.6. The first-order chi connectivity index (χ1) is 10.7. The number of carbonyl (C=O) groups is 1. The van der Waals surface area contributed by atoms with Gasteiger partial charge >= 0.3 is 0 Å². The van der Waals surface area contributed by atoms with Gasteiger partial charge < -0.3 is 10.1 Å². The lowest BCUT2D eigenvalue weighted by Gasteiger charge is -2.27. The van der Waals surface area contributed by atoms with Crippen LogP contribution in [-0.2, 0) is 19.6 Å². The molecule has 10 heteroatoms. The monoisotopic (exact) mass is 416 g/mol. The molecule has 0 aromatic heterocycles. The number of benzene rings is 1. The second-order valence-corrected chi connectivity index (χ2v) is 8.17. The highest BCUT2D eigenvalue weighted by molar-refractivity contribution is 7.88. The van der Waals surface area contributed by atoms with Gasteiger partial charge in [-0.3, -0.25) is 4.79 Å². The van der Waals surface area contributed by atoms with Crippen molar-refractivity contribution in [3.8, 4) is 0 Å². The van der Waals surface area contributed by atoms with E-state index in [4.69, 9.17) is 27.9 Å². The number of sulfonamides is 1. The lowest BCUT2D eigenvalue weighted by molar-refractivity contribution is -0.134. The van der Waals surface area contributed by atoms with Crippen molar-refractivity contribution >= 4 is 51.5 Å². The summed E-state index contributed by atoms with van der Waals surface area (Å²) in [5, 5.41) is 3.84. The topological polar surface area (TPSA) is 75.7 Å². The number of nitrogens with zero attached hydrogens (tertiary/aromatic N) is 1. The van der Waals surface area contributed by atoms with E-state index in [9.17, 15) is 13.2 Å². The maximum atomic E-state index is 12.6. The summed E-state index contributed by atoms with van der Waals surface area (Å²) in [6.45, 7) is 1.28. The highest BCUT2D eigenvalue weighted by Gasteiger charge is 2.36. The molecule has 0 bridgehead atoms. The van der Waals surface area contributed by atoms with Crippen molar-refractivity contribution in [1.82, 2.24) is 9.62 Å². The molecule has 24 heavy (non-hydrogen) atoms. The molecule has 1 amide bonds. The highest BCUT2D eigenvalue weighted by atomic mass is 35.5. The van der Waals surface area contributed by atoms with Crippen LogP contribution in [0.5, 0.6) is 0 Å². The molecule has 0 radical (unpaired) electrons. The normalized spacial score (nSPS) is 21.5. The Morgan fingerprint density at radius 2 is 2.00 bits per heavy atom. The molecular weight excluding hydrogens is 399 g/mol. The molecular formula is C14H19Cl3N2O4S. The van der Waals surface area contributed by atoms with Gasteiger partial charge in [0, 0.05) is 20.1 Å². The molecule has 1 heterocycles. The molecule has 2 rings (SSSR count). The van der Waals surface area contributed by atoms with Gasteiger partial charge in [-0.25, -0.2) is 12.7 Å². The van der Waals surface area contributed by atoms with E-state index in [1.165, 1.54) is 7.05 Å². The second kappa shape index (κ2) is 8.69. The van der Waals surface area contributed by atoms with Gasteiger partial charge in [-0.2, -0.15) is 0 Å². The van der Waals surface area contributed by atoms with Crippen molar-refractivity contribution < 1.29 is 17.9 Å². The Kier molecular flexibility index (Phi) is 7.77. The third-order valence-electron chi connectivity index (χ3n) is 3.70. The molecule has 1 saturated heterocycles. The molecule has 1 aliphatic heterocycles. The second-order valence-electron chi connectivity index (χ2n) is 5.34. The van der Waals surface area contributed by atoms with Gasteiger partial charge in [-0.05, 0) is 17.7 Å². The molecule has 2 atom stereocenters. The van der Waals surface area contributed by atoms with Crippen molar-refractivity contribution in [2.75, 3.05) is 33.0 Å². The summed E-state index contributed by atoms with van der Waals surface area (Å²) >= 11 is 12.0. The van der Waals surface area contributed by atoms with E-state index in [1.54, 1.807) is 18.2 Å². The molecule has 0 unspecified atom stereocenters. The molecule has 1 N–H and O–H groups in total. The van der Waals surface area contributed by atoms with Gasteiger partial charge in [-0.1, -0.05) is 29.3 Å². The highest BCUT2D eigenvalue weighted by Crippen LogP contribution is 2.33. The predicted molar refractivity (Wildman–Crippen MR) is 96.4 cm³/mol. The van der Waals surface area contributed by atoms with Crippen LogP contribution in [0.2, 0.25) is 10.0 Å². The summed E-state index contributed by atoms with van der Waals surface area (Å²) in [6, 6.07) is 4.99. The minimum atomic E-state index is -3.63. The van der Waals surface area contributed by atoms with Crippen molar-refractivity contribution in [1.29, 1.82) is 0 Å². The molecule has 1 aromatic carbocycles. The largest absolute Gasteiger partial charge is 0.371 e. The van der Waals surface area contributed by atoms with E-state index in [-0.39, 0.29) is 12.4 Å². The van der Waals surface area contributed by atoms with Crippen LogP contribution in [0.3, 0.4) is 0 Å². The maximum Gasteiger partial charge on any atom is 0.243 e. The average Bonchev–Trinajstić information content (AvgIpc) is 2.73. The number of carbonyl (C=O) groups excluding carboxylic acids is 1. The number of nitrogens with one attached hydrogen (secondary N) is 1. The quantitative estimate of drug-likeness (QED) is 0.815. The Labute approximate surface area is 157 Å². The first-order valence-corrected chi connectivity index (χ1v) is 9.57. The van der Waals surface area contributed by atoms with Crippen LogP contribution < -0.4 is 5.32 Å². The molecule has 0 aliphatic carbocycles. The lowest BCUT2D eigenvalue weighted by atomic mass is 9.94. The van der Waals surface area contributed by atoms with E-state index in [1.807, 2.05) is 0 Å². The number of hydrogen-bond donors (Lipinski definition) is 1. The van der Waals surface area contributed by atoms with Gasteiger partial charge in [0.1, 0.15) is 0 Å². The standard InChI is InChI=1S/C14H18Cl2N2O4S.ClH/c1-18(23(2,20)21)14(19)10-8-17-5-6-22-13(10)9-3-4-11(15)12(16)7-9;/h3-4,7,10,13,17H,5-6,8H2,1-2H3;1H/t10-,13+;/m1./s1. The molecule has 0 saturated carbocycles. The summed E-state index contributed by atoms with van der Waals surface area (Å²) in [7, 11) is -2.39. The van der Waals surface area contributed by atoms with E-state index < -0.39 is 28.0 Å². The van der Waals surface area contributed by atoms with E-state index in [2.05, 4.69) is 5.32 Å². The fraction of sp³-hybridized carbons (Fsp3) is 0.500. The van der Waals surface area contributed by atoms with Crippen LogP contribution in [0.15, 0.2) is 18.2 Å². The van der Waals surface area contributed by atoms with Gasteiger partial charge in [0.25, 0.3) is 0 Å². The van der Waals surface area contributed by atoms with E-state index >= 15 is 0 Å². The SMILES string of the molecule is CN(C(=O)[C@@H]1CNCCO[C@H]1c1ccc(Cl)c(Cl)c1)S(C)(=O)=O.Cl. The van der Waals surface area contributed by atoms with Crippen molar-refractivity contribution in [2.45, 2.75) is 6.10 Å². The lowest BCUT2D eigenvalue weighted by Crippen LogP contribution is -2.42. The fourth-order valence-corrected chi connectivity index (χ4v) is 3.14. The Hall–Kier alpha value is -0.570. The Morgan fingerprint density at radius 1 is 1.33 bits per heavy atom. The molecule has 1 aromatic rings. The first-order valence-electron chi connectivity index (χ1n) is 6.97. The van der Waals surface area contributed by atoms with Gasteiger partial charge in [0.15, 0.2) is 0 Å². The Balaban J connectivity index is 0.00000288. The van der Waals surface area contributed by atoms with Crippen molar-refractivity contribution in [3.05, 3.63) is 33.8 Å². The van der Waals surface area contributed by atoms with E-state index in [0.717, 1.165) is 10.6 Å². The zero-order chi connectivity index (χ0) is 17.2. The minimum Gasteiger partial charge on any atom is -0.371 e. The Bertz CT molecular complexity index is 699. The Morgan fingerprint density at radius 3 is 2.58 bits per heavy atom. The van der Waals surface area contributed by atoms with Crippen LogP contribution >= 0.6 is 35.6 Å². The van der Waals surface area contributed by atoms with Crippen LogP contribution in [0.25, 0.3) is 0 Å². The van der Waals surface area contributed by atoms with Crippen LogP contribution in [0.4, 0.5) is 0 Å². The van der Waals surface area contributed by atoms with Crippen LogP contribution in [0.1, 0.15) is 11.7 Å². The molecule has 0 spiro atoms. The number of halogens is 3. The minimum absolute atomic E-state index is 0. The zero-order valence-electron chi connectivity index (χ0n) is 13.2. The summed E-state index contributed by atoms with van der Waals surface area (Å²) < 4.78 is 29.8. The zero-order valence-corrected chi connectivity index (χ0v) is 16.3. The molecule has 136 valence electrons. The predicted octanol–water partition coefficient (Wildman–Crippen LogP) is 2.11. The van der Waals surface area contributed by atoms with Crippen LogP contribution in [0, 0.1) is 5.92 Å². The summed E-state index contributed by atoms with van der Waals surface area (Å²) in [5.74, 6) is -1.22.